The van der Waals surface area contributed by atoms with Gasteiger partial charge >= 0.3 is 0 Å². The summed E-state index contributed by atoms with van der Waals surface area (Å²) in [7, 11) is -2.34. The first-order valence-corrected chi connectivity index (χ1v) is 8.74. The zero-order chi connectivity index (χ0) is 15.3. The van der Waals surface area contributed by atoms with Crippen molar-refractivity contribution < 1.29 is 22.4 Å². The van der Waals surface area contributed by atoms with Crippen molar-refractivity contribution in [3.63, 3.8) is 0 Å². The number of azide groups is 1. The molecule has 0 aliphatic heterocycles. The predicted octanol–water partition coefficient (Wildman–Crippen LogP) is 4.20. The van der Waals surface area contributed by atoms with Gasteiger partial charge in [-0.3, -0.25) is 0 Å². The normalized spacial score (nSPS) is 10.3. The molecule has 0 spiro atoms. The van der Waals surface area contributed by atoms with Gasteiger partial charge in [0.2, 0.25) is 7.41 Å². The Labute approximate surface area is 151 Å². The minimum Gasteiger partial charge on any atom is -0.0620 e. The van der Waals surface area contributed by atoms with Crippen LogP contribution in [0.1, 0.15) is 0 Å². The number of rotatable bonds is 4. The summed E-state index contributed by atoms with van der Waals surface area (Å²) in [6, 6.07) is 30.1. The maximum Gasteiger partial charge on any atom is 0.223 e. The van der Waals surface area contributed by atoms with Crippen LogP contribution in [0.2, 0.25) is 0 Å². The van der Waals surface area contributed by atoms with Gasteiger partial charge in [0, 0.05) is 27.3 Å². The van der Waals surface area contributed by atoms with Gasteiger partial charge in [-0.15, -0.1) is 0 Å². The van der Waals surface area contributed by atoms with Crippen LogP contribution >= 0.6 is 7.41 Å². The summed E-state index contributed by atoms with van der Waals surface area (Å²) in [5.74, 6) is 0. The second-order valence-electron chi connectivity index (χ2n) is 4.82. The molecule has 0 N–H and O–H groups in total. The Hall–Kier alpha value is -1.86. The molecule has 3 aromatic carbocycles. The van der Waals surface area contributed by atoms with Crippen LogP contribution in [-0.2, 0) is 22.4 Å². The monoisotopic (exact) mass is 411 g/mol. The van der Waals surface area contributed by atoms with Crippen LogP contribution in [0.25, 0.3) is 10.4 Å². The first-order chi connectivity index (χ1) is 10.9. The third kappa shape index (κ3) is 3.40. The molecule has 5 heteroatoms. The van der Waals surface area contributed by atoms with E-state index in [0.29, 0.717) is 0 Å². The van der Waals surface area contributed by atoms with E-state index in [4.69, 9.17) is 0 Å². The van der Waals surface area contributed by atoms with Gasteiger partial charge < -0.3 is 0 Å². The van der Waals surface area contributed by atoms with Crippen LogP contribution < -0.4 is 15.9 Å². The molecule has 0 heterocycles. The van der Waals surface area contributed by atoms with E-state index in [9.17, 15) is 5.53 Å². The average molecular weight is 412 g/mol. The van der Waals surface area contributed by atoms with Gasteiger partial charge in [-0.1, -0.05) is 54.6 Å². The summed E-state index contributed by atoms with van der Waals surface area (Å²) in [5.41, 5.74) is 9.27. The van der Waals surface area contributed by atoms with Crippen molar-refractivity contribution >= 4 is 23.3 Å². The summed E-state index contributed by atoms with van der Waals surface area (Å²) in [6.07, 6.45) is 0. The number of hydrogen-bond acceptors (Lipinski definition) is 1. The molecule has 0 aliphatic rings. The average Bonchev–Trinajstić information content (AvgIpc) is 2.62. The molecule has 0 atom stereocenters. The maximum atomic E-state index is 9.27. The van der Waals surface area contributed by atoms with E-state index in [1.165, 1.54) is 0 Å². The van der Waals surface area contributed by atoms with Crippen molar-refractivity contribution in [3.05, 3.63) is 101 Å². The molecule has 3 aromatic rings. The van der Waals surface area contributed by atoms with E-state index in [1.807, 2.05) is 91.0 Å². The van der Waals surface area contributed by atoms with Crippen molar-refractivity contribution in [1.82, 2.24) is 0 Å². The van der Waals surface area contributed by atoms with Crippen LogP contribution in [0.15, 0.2) is 95.9 Å². The number of nitrogens with zero attached hydrogens (tertiary/aromatic N) is 3. The molecule has 0 aromatic heterocycles. The minimum atomic E-state index is -2.34. The summed E-state index contributed by atoms with van der Waals surface area (Å²) < 4.78 is 0. The standard InChI is InChI=1S/C18H15N3P.Ag/c19-20-21-22(16-10-4-1-5-11-16,17-12-6-2-7-13-17)18-14-8-3-9-15-18;/h1-15H;/q+1;. The number of hydrogen-bond donors (Lipinski definition) is 0. The topological polar surface area (TPSA) is 48.8 Å². The Morgan fingerprint density at radius 3 is 1.17 bits per heavy atom. The van der Waals surface area contributed by atoms with Crippen molar-refractivity contribution in [3.8, 4) is 0 Å². The quantitative estimate of drug-likeness (QED) is 0.203. The van der Waals surface area contributed by atoms with Crippen LogP contribution in [0, 0.1) is 0 Å². The molecule has 0 amide bonds. The van der Waals surface area contributed by atoms with E-state index in [-0.39, 0.29) is 22.4 Å². The zero-order valence-corrected chi connectivity index (χ0v) is 14.6. The molecule has 117 valence electrons. The van der Waals surface area contributed by atoms with Gasteiger partial charge in [0.15, 0.2) is 0 Å². The molecule has 0 aliphatic carbocycles. The van der Waals surface area contributed by atoms with Gasteiger partial charge in [-0.05, 0) is 41.9 Å². The molecular weight excluding hydrogens is 397 g/mol. The first-order valence-electron chi connectivity index (χ1n) is 7.00. The fourth-order valence-corrected chi connectivity index (χ4v) is 5.73. The maximum absolute atomic E-state index is 9.27. The zero-order valence-electron chi connectivity index (χ0n) is 12.3. The molecule has 0 bridgehead atoms. The first kappa shape index (κ1) is 17.5. The Morgan fingerprint density at radius 1 is 0.609 bits per heavy atom. The van der Waals surface area contributed by atoms with Gasteiger partial charge in [-0.25, -0.2) is 0 Å². The van der Waals surface area contributed by atoms with Crippen LogP contribution in [0.4, 0.5) is 0 Å². The second-order valence-corrected chi connectivity index (χ2v) is 7.82. The molecular formula is C18H15AgN3P+. The number of benzene rings is 3. The molecule has 3 rings (SSSR count). The fourth-order valence-electron chi connectivity index (χ4n) is 2.59. The largest absolute Gasteiger partial charge is 0.223 e. The summed E-state index contributed by atoms with van der Waals surface area (Å²) in [5, 5.41) is 3.18. The molecule has 0 unspecified atom stereocenters. The smallest absolute Gasteiger partial charge is 0.0620 e. The second kappa shape index (κ2) is 8.12. The Morgan fingerprint density at radius 2 is 0.913 bits per heavy atom. The van der Waals surface area contributed by atoms with Crippen LogP contribution in [0.5, 0.6) is 0 Å². The van der Waals surface area contributed by atoms with Crippen LogP contribution in [-0.4, -0.2) is 0 Å². The van der Waals surface area contributed by atoms with Crippen molar-refractivity contribution in [2.45, 2.75) is 0 Å². The fraction of sp³-hybridized carbons (Fsp3) is 0. The summed E-state index contributed by atoms with van der Waals surface area (Å²) in [6.45, 7) is 0. The van der Waals surface area contributed by atoms with Crippen LogP contribution in [0.3, 0.4) is 0 Å². The third-order valence-electron chi connectivity index (χ3n) is 3.56. The Kier molecular flexibility index (Phi) is 6.18. The minimum absolute atomic E-state index is 0. The SMILES string of the molecule is [Ag].[N-]=[N+]=N[P+](c1ccccc1)(c1ccccc1)c1ccccc1. The van der Waals surface area contributed by atoms with Gasteiger partial charge in [0.05, 0.1) is 4.88 Å². The summed E-state index contributed by atoms with van der Waals surface area (Å²) >= 11 is 0. The van der Waals surface area contributed by atoms with E-state index >= 15 is 0 Å². The molecule has 0 saturated heterocycles. The summed E-state index contributed by atoms with van der Waals surface area (Å²) in [4.78, 5) is 7.57. The van der Waals surface area contributed by atoms with E-state index < -0.39 is 7.41 Å². The van der Waals surface area contributed by atoms with E-state index in [2.05, 4.69) is 9.80 Å². The van der Waals surface area contributed by atoms with Gasteiger partial charge in [-0.2, -0.15) is 0 Å². The molecule has 1 radical (unpaired) electrons. The molecule has 0 saturated carbocycles. The van der Waals surface area contributed by atoms with Crippen molar-refractivity contribution in [2.24, 2.45) is 4.88 Å². The van der Waals surface area contributed by atoms with Gasteiger partial charge in [0.25, 0.3) is 0 Å². The molecule has 3 nitrogen and oxygen atoms in total. The third-order valence-corrected chi connectivity index (χ3v) is 7.05. The molecule has 0 fully saturated rings. The van der Waals surface area contributed by atoms with Gasteiger partial charge in [0.1, 0.15) is 15.9 Å². The predicted molar refractivity (Wildman–Crippen MR) is 94.3 cm³/mol. The Bertz CT molecular complexity index is 692. The van der Waals surface area contributed by atoms with Crippen molar-refractivity contribution in [1.29, 1.82) is 0 Å². The molecule has 23 heavy (non-hydrogen) atoms. The van der Waals surface area contributed by atoms with E-state index in [0.717, 1.165) is 15.9 Å². The van der Waals surface area contributed by atoms with Crippen molar-refractivity contribution in [2.75, 3.05) is 0 Å². The Balaban J connectivity index is 0.00000192. The van der Waals surface area contributed by atoms with E-state index in [1.54, 1.807) is 0 Å².